The summed E-state index contributed by atoms with van der Waals surface area (Å²) in [6, 6.07) is 11.6. The Hall–Kier alpha value is -1.54. The van der Waals surface area contributed by atoms with E-state index in [0.717, 1.165) is 34.5 Å². The molecule has 9 heteroatoms. The summed E-state index contributed by atoms with van der Waals surface area (Å²) in [6.45, 7) is 1.50. The molecule has 0 bridgehead atoms. The van der Waals surface area contributed by atoms with E-state index >= 15 is 0 Å². The highest BCUT2D eigenvalue weighted by atomic mass is 35.5. The van der Waals surface area contributed by atoms with Gasteiger partial charge in [0.15, 0.2) is 0 Å². The summed E-state index contributed by atoms with van der Waals surface area (Å²) in [4.78, 5) is 0. The van der Waals surface area contributed by atoms with Gasteiger partial charge in [0, 0.05) is 24.9 Å². The molecule has 0 unspecified atom stereocenters. The molecule has 0 saturated carbocycles. The highest BCUT2D eigenvalue weighted by Gasteiger charge is 2.08. The molecule has 0 spiro atoms. The second-order valence-corrected chi connectivity index (χ2v) is 6.33. The molecule has 3 aromatic rings. The zero-order valence-corrected chi connectivity index (χ0v) is 15.4. The Labute approximate surface area is 155 Å². The molecule has 128 valence electrons. The molecule has 0 radical (unpaired) electrons. The first-order valence-electron chi connectivity index (χ1n) is 7.13. The number of tetrazole rings is 1. The first-order valence-corrected chi connectivity index (χ1v) is 8.50. The second kappa shape index (κ2) is 9.08. The van der Waals surface area contributed by atoms with Crippen LogP contribution in [0.3, 0.4) is 0 Å². The number of hydrogen-bond acceptors (Lipinski definition) is 6. The molecule has 24 heavy (non-hydrogen) atoms. The molecule has 0 aliphatic rings. The smallest absolute Gasteiger partial charge is 0.209 e. The highest BCUT2D eigenvalue weighted by molar-refractivity contribution is 7.99. The van der Waals surface area contributed by atoms with Crippen molar-refractivity contribution in [3.8, 4) is 11.3 Å². The zero-order chi connectivity index (χ0) is 16.1. The van der Waals surface area contributed by atoms with E-state index in [0.29, 0.717) is 11.6 Å². The van der Waals surface area contributed by atoms with Gasteiger partial charge in [0.05, 0.1) is 11.6 Å². The Morgan fingerprint density at radius 1 is 1.25 bits per heavy atom. The molecular formula is C15H17Cl2N5OS. The van der Waals surface area contributed by atoms with E-state index in [1.807, 2.05) is 43.4 Å². The van der Waals surface area contributed by atoms with Gasteiger partial charge in [-0.3, -0.25) is 0 Å². The van der Waals surface area contributed by atoms with Crippen molar-refractivity contribution in [2.45, 2.75) is 11.7 Å². The summed E-state index contributed by atoms with van der Waals surface area (Å²) in [5.41, 5.74) is 0.908. The lowest BCUT2D eigenvalue weighted by molar-refractivity contribution is 0.499. The molecule has 0 amide bonds. The molecule has 1 aromatic carbocycles. The Morgan fingerprint density at radius 2 is 2.08 bits per heavy atom. The SMILES string of the molecule is Cl.Cn1nnnc1SCCNCc1ccc(-c2ccccc2Cl)o1. The van der Waals surface area contributed by atoms with Gasteiger partial charge in [-0.05, 0) is 34.7 Å². The molecule has 0 saturated heterocycles. The first kappa shape index (κ1) is 18.8. The van der Waals surface area contributed by atoms with Crippen molar-refractivity contribution < 1.29 is 4.42 Å². The van der Waals surface area contributed by atoms with Crippen molar-refractivity contribution in [1.29, 1.82) is 0 Å². The quantitative estimate of drug-likeness (QED) is 0.496. The predicted octanol–water partition coefficient (Wildman–Crippen LogP) is 3.43. The number of furan rings is 1. The van der Waals surface area contributed by atoms with Crippen molar-refractivity contribution in [1.82, 2.24) is 25.5 Å². The molecule has 6 nitrogen and oxygen atoms in total. The lowest BCUT2D eigenvalue weighted by Gasteiger charge is -2.03. The summed E-state index contributed by atoms with van der Waals surface area (Å²) >= 11 is 7.79. The van der Waals surface area contributed by atoms with Crippen molar-refractivity contribution in [3.63, 3.8) is 0 Å². The number of aromatic nitrogens is 4. The fourth-order valence-electron chi connectivity index (χ4n) is 2.05. The van der Waals surface area contributed by atoms with E-state index in [1.165, 1.54) is 0 Å². The van der Waals surface area contributed by atoms with E-state index < -0.39 is 0 Å². The standard InChI is InChI=1S/C15H16ClN5OS.ClH/c1-21-15(18-19-20-21)23-9-8-17-10-11-6-7-14(22-11)12-4-2-3-5-13(12)16;/h2-7,17H,8-10H2,1H3;1H. The van der Waals surface area contributed by atoms with Crippen LogP contribution in [0.25, 0.3) is 11.3 Å². The van der Waals surface area contributed by atoms with Gasteiger partial charge in [-0.1, -0.05) is 35.5 Å². The fourth-order valence-corrected chi connectivity index (χ4v) is 3.02. The van der Waals surface area contributed by atoms with Gasteiger partial charge in [0.1, 0.15) is 11.5 Å². The zero-order valence-electron chi connectivity index (χ0n) is 13.0. The Kier molecular flexibility index (Phi) is 7.11. The van der Waals surface area contributed by atoms with Crippen molar-refractivity contribution in [2.75, 3.05) is 12.3 Å². The van der Waals surface area contributed by atoms with Crippen LogP contribution in [-0.4, -0.2) is 32.5 Å². The third kappa shape index (κ3) is 4.73. The minimum absolute atomic E-state index is 0. The second-order valence-electron chi connectivity index (χ2n) is 4.86. The van der Waals surface area contributed by atoms with Crippen molar-refractivity contribution >= 4 is 35.8 Å². The van der Waals surface area contributed by atoms with Gasteiger partial charge in [-0.2, -0.15) is 0 Å². The van der Waals surface area contributed by atoms with E-state index in [1.54, 1.807) is 16.4 Å². The van der Waals surface area contributed by atoms with E-state index in [4.69, 9.17) is 16.0 Å². The molecule has 0 aliphatic heterocycles. The van der Waals surface area contributed by atoms with Crippen LogP contribution in [0.1, 0.15) is 5.76 Å². The number of hydrogen-bond donors (Lipinski definition) is 1. The third-order valence-corrected chi connectivity index (χ3v) is 4.53. The monoisotopic (exact) mass is 385 g/mol. The van der Waals surface area contributed by atoms with Gasteiger partial charge in [0.2, 0.25) is 5.16 Å². The highest BCUT2D eigenvalue weighted by Crippen LogP contribution is 2.28. The van der Waals surface area contributed by atoms with Crippen LogP contribution < -0.4 is 5.32 Å². The minimum Gasteiger partial charge on any atom is -0.460 e. The normalized spacial score (nSPS) is 10.6. The fraction of sp³-hybridized carbons (Fsp3) is 0.267. The number of aryl methyl sites for hydroxylation is 1. The van der Waals surface area contributed by atoms with Crippen LogP contribution >= 0.6 is 35.8 Å². The molecule has 2 heterocycles. The number of halogens is 2. The van der Waals surface area contributed by atoms with Crippen LogP contribution in [0.4, 0.5) is 0 Å². The molecule has 2 aromatic heterocycles. The first-order chi connectivity index (χ1) is 11.2. The number of benzene rings is 1. The van der Waals surface area contributed by atoms with Gasteiger partial charge >= 0.3 is 0 Å². The largest absolute Gasteiger partial charge is 0.460 e. The summed E-state index contributed by atoms with van der Waals surface area (Å²) in [6.07, 6.45) is 0. The molecule has 1 N–H and O–H groups in total. The van der Waals surface area contributed by atoms with Gasteiger partial charge in [0.25, 0.3) is 0 Å². The Balaban J connectivity index is 0.00000208. The van der Waals surface area contributed by atoms with Crippen molar-refractivity contribution in [3.05, 3.63) is 47.2 Å². The Morgan fingerprint density at radius 3 is 2.83 bits per heavy atom. The van der Waals surface area contributed by atoms with E-state index in [-0.39, 0.29) is 12.4 Å². The number of rotatable bonds is 7. The summed E-state index contributed by atoms with van der Waals surface area (Å²) < 4.78 is 7.49. The number of nitrogens with zero attached hydrogens (tertiary/aromatic N) is 4. The summed E-state index contributed by atoms with van der Waals surface area (Å²) in [5.74, 6) is 2.55. The van der Waals surface area contributed by atoms with E-state index in [2.05, 4.69) is 20.8 Å². The lowest BCUT2D eigenvalue weighted by Crippen LogP contribution is -2.16. The maximum atomic E-state index is 6.18. The number of thioether (sulfide) groups is 1. The average molecular weight is 386 g/mol. The lowest BCUT2D eigenvalue weighted by atomic mass is 10.2. The summed E-state index contributed by atoms with van der Waals surface area (Å²) in [7, 11) is 1.83. The van der Waals surface area contributed by atoms with Crippen LogP contribution in [-0.2, 0) is 13.6 Å². The molecular weight excluding hydrogens is 369 g/mol. The van der Waals surface area contributed by atoms with Gasteiger partial charge < -0.3 is 9.73 Å². The maximum Gasteiger partial charge on any atom is 0.209 e. The van der Waals surface area contributed by atoms with Crippen LogP contribution in [0.5, 0.6) is 0 Å². The molecule has 0 atom stereocenters. The van der Waals surface area contributed by atoms with Gasteiger partial charge in [-0.15, -0.1) is 17.5 Å². The van der Waals surface area contributed by atoms with E-state index in [9.17, 15) is 0 Å². The van der Waals surface area contributed by atoms with Crippen LogP contribution in [0.2, 0.25) is 5.02 Å². The van der Waals surface area contributed by atoms with Crippen LogP contribution in [0, 0.1) is 0 Å². The van der Waals surface area contributed by atoms with Crippen LogP contribution in [0.15, 0.2) is 46.0 Å². The minimum atomic E-state index is 0. The third-order valence-electron chi connectivity index (χ3n) is 3.19. The average Bonchev–Trinajstić information content (AvgIpc) is 3.17. The molecule has 3 rings (SSSR count). The summed E-state index contributed by atoms with van der Waals surface area (Å²) in [5, 5.41) is 16.2. The predicted molar refractivity (Wildman–Crippen MR) is 97.6 cm³/mol. The van der Waals surface area contributed by atoms with Gasteiger partial charge in [-0.25, -0.2) is 4.68 Å². The molecule has 0 fully saturated rings. The molecule has 0 aliphatic carbocycles. The Bertz CT molecular complexity index is 777. The maximum absolute atomic E-state index is 6.18. The topological polar surface area (TPSA) is 68.8 Å². The number of nitrogens with one attached hydrogen (secondary N) is 1. The van der Waals surface area contributed by atoms with Crippen molar-refractivity contribution in [2.24, 2.45) is 7.05 Å².